The van der Waals surface area contributed by atoms with Crippen molar-refractivity contribution in [3.8, 4) is 5.75 Å². The second-order valence-electron chi connectivity index (χ2n) is 6.57. The molecular weight excluding hydrogens is 346 g/mol. The minimum absolute atomic E-state index is 0.0691. The van der Waals surface area contributed by atoms with Gasteiger partial charge in [-0.3, -0.25) is 9.59 Å². The maximum atomic E-state index is 12.5. The van der Waals surface area contributed by atoms with Gasteiger partial charge >= 0.3 is 0 Å². The fraction of sp³-hybridized carbons (Fsp3) is 0.368. The van der Waals surface area contributed by atoms with Crippen LogP contribution < -0.4 is 19.9 Å². The van der Waals surface area contributed by atoms with Crippen LogP contribution in [0.15, 0.2) is 36.5 Å². The quantitative estimate of drug-likeness (QED) is 0.824. The molecule has 1 aromatic carbocycles. The third-order valence-corrected chi connectivity index (χ3v) is 4.41. The predicted octanol–water partition coefficient (Wildman–Crippen LogP) is 1.22. The largest absolute Gasteiger partial charge is 0.497 e. The van der Waals surface area contributed by atoms with Crippen LogP contribution in [-0.2, 0) is 16.1 Å². The van der Waals surface area contributed by atoms with E-state index in [4.69, 9.17) is 4.74 Å². The zero-order chi connectivity index (χ0) is 19.4. The normalized spacial score (nSPS) is 16.3. The Morgan fingerprint density at radius 3 is 2.93 bits per heavy atom. The highest BCUT2D eigenvalue weighted by Crippen LogP contribution is 2.28. The molecule has 8 nitrogen and oxygen atoms in total. The van der Waals surface area contributed by atoms with E-state index in [0.29, 0.717) is 24.8 Å². The Labute approximate surface area is 158 Å². The van der Waals surface area contributed by atoms with E-state index in [1.807, 2.05) is 32.3 Å². The molecule has 1 N–H and O–H groups in total. The molecule has 1 unspecified atom stereocenters. The summed E-state index contributed by atoms with van der Waals surface area (Å²) in [6.45, 7) is 0.649. The van der Waals surface area contributed by atoms with E-state index in [9.17, 15) is 9.59 Å². The van der Waals surface area contributed by atoms with Gasteiger partial charge in [0.15, 0.2) is 0 Å². The van der Waals surface area contributed by atoms with E-state index in [1.54, 1.807) is 35.2 Å². The summed E-state index contributed by atoms with van der Waals surface area (Å²) in [4.78, 5) is 36.8. The fourth-order valence-electron chi connectivity index (χ4n) is 2.93. The molecule has 1 fully saturated rings. The predicted molar refractivity (Wildman–Crippen MR) is 102 cm³/mol. The molecule has 2 heterocycles. The smallest absolute Gasteiger partial charge is 0.227 e. The molecule has 1 aromatic heterocycles. The zero-order valence-corrected chi connectivity index (χ0v) is 15.7. The van der Waals surface area contributed by atoms with E-state index in [1.165, 1.54) is 0 Å². The van der Waals surface area contributed by atoms with Gasteiger partial charge in [0, 0.05) is 45.0 Å². The Morgan fingerprint density at radius 2 is 2.19 bits per heavy atom. The summed E-state index contributed by atoms with van der Waals surface area (Å²) in [5, 5.41) is 2.87. The van der Waals surface area contributed by atoms with Gasteiger partial charge in [-0.05, 0) is 18.2 Å². The summed E-state index contributed by atoms with van der Waals surface area (Å²) in [7, 11) is 5.29. The topological polar surface area (TPSA) is 87.7 Å². The van der Waals surface area contributed by atoms with Crippen molar-refractivity contribution in [2.75, 3.05) is 37.5 Å². The lowest BCUT2D eigenvalue weighted by Crippen LogP contribution is -2.33. The maximum Gasteiger partial charge on any atom is 0.227 e. The van der Waals surface area contributed by atoms with Crippen LogP contribution in [0.25, 0.3) is 0 Å². The van der Waals surface area contributed by atoms with Crippen molar-refractivity contribution in [1.82, 2.24) is 15.3 Å². The van der Waals surface area contributed by atoms with E-state index in [0.717, 1.165) is 11.4 Å². The average Bonchev–Trinajstić information content (AvgIpc) is 3.08. The molecule has 142 valence electrons. The molecule has 2 aromatic rings. The molecular formula is C19H23N5O3. The van der Waals surface area contributed by atoms with Crippen molar-refractivity contribution in [1.29, 1.82) is 0 Å². The number of rotatable bonds is 6. The van der Waals surface area contributed by atoms with Gasteiger partial charge in [-0.15, -0.1) is 0 Å². The van der Waals surface area contributed by atoms with Crippen LogP contribution in [0.2, 0.25) is 0 Å². The van der Waals surface area contributed by atoms with E-state index >= 15 is 0 Å². The molecule has 0 spiro atoms. The summed E-state index contributed by atoms with van der Waals surface area (Å²) in [6.07, 6.45) is 1.85. The molecule has 1 aliphatic heterocycles. The number of methoxy groups -OCH3 is 1. The Hall–Kier alpha value is -3.16. The van der Waals surface area contributed by atoms with Gasteiger partial charge in [0.1, 0.15) is 5.75 Å². The lowest BCUT2D eigenvalue weighted by atomic mass is 10.1. The first kappa shape index (κ1) is 18.6. The highest BCUT2D eigenvalue weighted by Gasteiger charge is 2.35. The molecule has 0 aliphatic carbocycles. The second kappa shape index (κ2) is 8.03. The molecule has 3 rings (SSSR count). The maximum absolute atomic E-state index is 12.5. The number of hydrogen-bond acceptors (Lipinski definition) is 6. The number of aromatic nitrogens is 2. The van der Waals surface area contributed by atoms with Crippen LogP contribution >= 0.6 is 0 Å². The molecule has 1 saturated heterocycles. The first-order chi connectivity index (χ1) is 13.0. The monoisotopic (exact) mass is 369 g/mol. The number of carbonyl (C=O) groups excluding carboxylic acids is 2. The number of benzene rings is 1. The first-order valence-corrected chi connectivity index (χ1v) is 8.69. The molecule has 1 atom stereocenters. The van der Waals surface area contributed by atoms with E-state index in [-0.39, 0.29) is 24.2 Å². The van der Waals surface area contributed by atoms with Crippen molar-refractivity contribution < 1.29 is 14.3 Å². The van der Waals surface area contributed by atoms with Gasteiger partial charge in [-0.25, -0.2) is 9.97 Å². The molecule has 2 amide bonds. The van der Waals surface area contributed by atoms with Crippen molar-refractivity contribution >= 4 is 23.5 Å². The average molecular weight is 369 g/mol. The van der Waals surface area contributed by atoms with Gasteiger partial charge in [-0.1, -0.05) is 6.07 Å². The van der Waals surface area contributed by atoms with Crippen LogP contribution in [-0.4, -0.2) is 49.5 Å². The number of amides is 2. The van der Waals surface area contributed by atoms with Crippen LogP contribution in [0.5, 0.6) is 5.75 Å². The summed E-state index contributed by atoms with van der Waals surface area (Å²) in [5.41, 5.74) is 1.46. The Kier molecular flexibility index (Phi) is 5.54. The van der Waals surface area contributed by atoms with Gasteiger partial charge < -0.3 is 19.9 Å². The molecule has 1 aliphatic rings. The Morgan fingerprint density at radius 1 is 1.37 bits per heavy atom. The zero-order valence-electron chi connectivity index (χ0n) is 15.7. The van der Waals surface area contributed by atoms with Crippen LogP contribution in [0.1, 0.15) is 12.1 Å². The number of nitrogens with zero attached hydrogens (tertiary/aromatic N) is 4. The Balaban J connectivity index is 1.61. The second-order valence-corrected chi connectivity index (χ2v) is 6.57. The van der Waals surface area contributed by atoms with Crippen molar-refractivity contribution in [3.05, 3.63) is 42.2 Å². The lowest BCUT2D eigenvalue weighted by molar-refractivity contribution is -0.126. The van der Waals surface area contributed by atoms with Gasteiger partial charge in [0.05, 0.1) is 25.3 Å². The van der Waals surface area contributed by atoms with Gasteiger partial charge in [0.2, 0.25) is 17.8 Å². The number of hydrogen-bond donors (Lipinski definition) is 1. The van der Waals surface area contributed by atoms with Gasteiger partial charge in [0.25, 0.3) is 0 Å². The summed E-state index contributed by atoms with van der Waals surface area (Å²) >= 11 is 0. The third-order valence-electron chi connectivity index (χ3n) is 4.41. The standard InChI is InChI=1S/C19H23N5O3/c1-23(2)19-20-8-7-14(22-19)11-21-18(26)13-9-17(25)24(12-13)15-5-4-6-16(10-15)27-3/h4-8,10,13H,9,11-12H2,1-3H3,(H,21,26). The van der Waals surface area contributed by atoms with Gasteiger partial charge in [-0.2, -0.15) is 0 Å². The fourth-order valence-corrected chi connectivity index (χ4v) is 2.93. The summed E-state index contributed by atoms with van der Waals surface area (Å²) in [5.74, 6) is 0.647. The number of nitrogens with one attached hydrogen (secondary N) is 1. The number of anilines is 2. The minimum Gasteiger partial charge on any atom is -0.497 e. The summed E-state index contributed by atoms with van der Waals surface area (Å²) in [6, 6.07) is 9.03. The molecule has 0 bridgehead atoms. The SMILES string of the molecule is COc1cccc(N2CC(C(=O)NCc3ccnc(N(C)C)n3)CC2=O)c1. The molecule has 27 heavy (non-hydrogen) atoms. The minimum atomic E-state index is -0.390. The van der Waals surface area contributed by atoms with Crippen molar-refractivity contribution in [3.63, 3.8) is 0 Å². The number of carbonyl (C=O) groups is 2. The van der Waals surface area contributed by atoms with E-state index in [2.05, 4.69) is 15.3 Å². The van der Waals surface area contributed by atoms with Crippen LogP contribution in [0, 0.1) is 5.92 Å². The van der Waals surface area contributed by atoms with Crippen molar-refractivity contribution in [2.24, 2.45) is 5.92 Å². The first-order valence-electron chi connectivity index (χ1n) is 8.69. The highest BCUT2D eigenvalue weighted by molar-refractivity contribution is 6.00. The van der Waals surface area contributed by atoms with Crippen LogP contribution in [0.4, 0.5) is 11.6 Å². The molecule has 8 heteroatoms. The van der Waals surface area contributed by atoms with Crippen molar-refractivity contribution in [2.45, 2.75) is 13.0 Å². The number of ether oxygens (including phenoxy) is 1. The lowest BCUT2D eigenvalue weighted by Gasteiger charge is -2.17. The molecule has 0 radical (unpaired) electrons. The summed E-state index contributed by atoms with van der Waals surface area (Å²) < 4.78 is 5.21. The molecule has 0 saturated carbocycles. The third kappa shape index (κ3) is 4.33. The Bertz CT molecular complexity index is 840. The highest BCUT2D eigenvalue weighted by atomic mass is 16.5. The van der Waals surface area contributed by atoms with Crippen LogP contribution in [0.3, 0.4) is 0 Å². The van der Waals surface area contributed by atoms with E-state index < -0.39 is 0 Å².